The highest BCUT2D eigenvalue weighted by Gasteiger charge is 2.02. The van der Waals surface area contributed by atoms with Crippen LogP contribution in [0, 0.1) is 6.92 Å². The van der Waals surface area contributed by atoms with Gasteiger partial charge in [-0.3, -0.25) is 0 Å². The van der Waals surface area contributed by atoms with Crippen molar-refractivity contribution in [3.8, 4) is 0 Å². The first-order valence-electron chi connectivity index (χ1n) is 5.27. The molecule has 0 radical (unpaired) electrons. The van der Waals surface area contributed by atoms with E-state index in [0.717, 1.165) is 24.3 Å². The van der Waals surface area contributed by atoms with Crippen LogP contribution in [0.4, 0.5) is 0 Å². The predicted molar refractivity (Wildman–Crippen MR) is 62.5 cm³/mol. The molecule has 0 aliphatic carbocycles. The van der Waals surface area contributed by atoms with Crippen LogP contribution in [0.1, 0.15) is 23.7 Å². The van der Waals surface area contributed by atoms with Crippen LogP contribution in [0.25, 0.3) is 0 Å². The molecule has 3 nitrogen and oxygen atoms in total. The van der Waals surface area contributed by atoms with Crippen molar-refractivity contribution in [1.82, 2.24) is 10.1 Å². The van der Waals surface area contributed by atoms with Gasteiger partial charge in [-0.25, -0.2) is 0 Å². The molecule has 2 aromatic rings. The molecule has 2 rings (SSSR count). The molecule has 0 fully saturated rings. The van der Waals surface area contributed by atoms with Gasteiger partial charge in [0.05, 0.1) is 0 Å². The topological polar surface area (TPSA) is 38.9 Å². The fourth-order valence-electron chi connectivity index (χ4n) is 1.54. The standard InChI is InChI=1S/C12H13ClN2O/c1-9-14-12(16-15-9)4-2-3-10-5-7-11(13)8-6-10/h5-8H,2-4H2,1H3. The van der Waals surface area contributed by atoms with Gasteiger partial charge in [-0.15, -0.1) is 0 Å². The van der Waals surface area contributed by atoms with Gasteiger partial charge in [0.2, 0.25) is 5.89 Å². The summed E-state index contributed by atoms with van der Waals surface area (Å²) in [5.74, 6) is 1.41. The molecule has 0 N–H and O–H groups in total. The Bertz CT molecular complexity index is 450. The van der Waals surface area contributed by atoms with Crippen molar-refractivity contribution in [2.24, 2.45) is 0 Å². The van der Waals surface area contributed by atoms with E-state index in [1.54, 1.807) is 0 Å². The van der Waals surface area contributed by atoms with Crippen molar-refractivity contribution < 1.29 is 4.52 Å². The average molecular weight is 237 g/mol. The molecular formula is C12H13ClN2O. The molecular weight excluding hydrogens is 224 g/mol. The van der Waals surface area contributed by atoms with E-state index in [2.05, 4.69) is 10.1 Å². The zero-order chi connectivity index (χ0) is 11.4. The fraction of sp³-hybridized carbons (Fsp3) is 0.333. The third-order valence-corrected chi connectivity index (χ3v) is 2.59. The molecule has 4 heteroatoms. The molecule has 84 valence electrons. The summed E-state index contributed by atoms with van der Waals surface area (Å²) in [5, 5.41) is 4.52. The summed E-state index contributed by atoms with van der Waals surface area (Å²) in [6.45, 7) is 1.83. The quantitative estimate of drug-likeness (QED) is 0.818. The van der Waals surface area contributed by atoms with E-state index in [1.165, 1.54) is 5.56 Å². The molecule has 0 aliphatic heterocycles. The molecule has 1 aromatic carbocycles. The maximum absolute atomic E-state index is 5.81. The van der Waals surface area contributed by atoms with Gasteiger partial charge < -0.3 is 4.52 Å². The van der Waals surface area contributed by atoms with E-state index in [4.69, 9.17) is 16.1 Å². The summed E-state index contributed by atoms with van der Waals surface area (Å²) in [6.07, 6.45) is 2.82. The summed E-state index contributed by atoms with van der Waals surface area (Å²) in [5.41, 5.74) is 1.28. The minimum Gasteiger partial charge on any atom is -0.339 e. The van der Waals surface area contributed by atoms with Gasteiger partial charge >= 0.3 is 0 Å². The van der Waals surface area contributed by atoms with Crippen LogP contribution in [-0.2, 0) is 12.8 Å². The Hall–Kier alpha value is -1.35. The van der Waals surface area contributed by atoms with E-state index in [1.807, 2.05) is 31.2 Å². The SMILES string of the molecule is Cc1noc(CCCc2ccc(Cl)cc2)n1. The lowest BCUT2D eigenvalue weighted by Gasteiger charge is -1.99. The lowest BCUT2D eigenvalue weighted by molar-refractivity contribution is 0.372. The Morgan fingerprint density at radius 2 is 1.94 bits per heavy atom. The van der Waals surface area contributed by atoms with Gasteiger partial charge in [0.25, 0.3) is 0 Å². The molecule has 0 amide bonds. The van der Waals surface area contributed by atoms with Crippen LogP contribution < -0.4 is 0 Å². The van der Waals surface area contributed by atoms with Crippen molar-refractivity contribution in [3.05, 3.63) is 46.6 Å². The monoisotopic (exact) mass is 236 g/mol. The maximum atomic E-state index is 5.81. The van der Waals surface area contributed by atoms with Crippen molar-refractivity contribution in [2.45, 2.75) is 26.2 Å². The molecule has 0 unspecified atom stereocenters. The zero-order valence-corrected chi connectivity index (χ0v) is 9.87. The Kier molecular flexibility index (Phi) is 3.57. The van der Waals surface area contributed by atoms with Crippen LogP contribution in [0.3, 0.4) is 0 Å². The highest BCUT2D eigenvalue weighted by atomic mass is 35.5. The Morgan fingerprint density at radius 1 is 1.19 bits per heavy atom. The Balaban J connectivity index is 1.82. The van der Waals surface area contributed by atoms with Crippen LogP contribution in [0.2, 0.25) is 5.02 Å². The molecule has 0 saturated heterocycles. The van der Waals surface area contributed by atoms with Crippen molar-refractivity contribution in [3.63, 3.8) is 0 Å². The summed E-state index contributed by atoms with van der Waals surface area (Å²) < 4.78 is 5.04. The number of benzene rings is 1. The lowest BCUT2D eigenvalue weighted by Crippen LogP contribution is -1.90. The summed E-state index contributed by atoms with van der Waals surface area (Å²) in [6, 6.07) is 7.91. The minimum absolute atomic E-state index is 0.696. The van der Waals surface area contributed by atoms with Gasteiger partial charge in [0.15, 0.2) is 5.82 Å². The molecule has 0 saturated carbocycles. The highest BCUT2D eigenvalue weighted by molar-refractivity contribution is 6.30. The first-order chi connectivity index (χ1) is 7.74. The number of rotatable bonds is 4. The van der Waals surface area contributed by atoms with Gasteiger partial charge in [-0.2, -0.15) is 4.98 Å². The van der Waals surface area contributed by atoms with Gasteiger partial charge in [-0.05, 0) is 37.5 Å². The maximum Gasteiger partial charge on any atom is 0.226 e. The van der Waals surface area contributed by atoms with Crippen molar-refractivity contribution >= 4 is 11.6 Å². The zero-order valence-electron chi connectivity index (χ0n) is 9.11. The van der Waals surface area contributed by atoms with Crippen molar-refractivity contribution in [2.75, 3.05) is 0 Å². The molecule has 1 heterocycles. The molecule has 16 heavy (non-hydrogen) atoms. The van der Waals surface area contributed by atoms with Gasteiger partial charge in [-0.1, -0.05) is 28.9 Å². The fourth-order valence-corrected chi connectivity index (χ4v) is 1.66. The van der Waals surface area contributed by atoms with Crippen molar-refractivity contribution in [1.29, 1.82) is 0 Å². The van der Waals surface area contributed by atoms with Gasteiger partial charge in [0, 0.05) is 11.4 Å². The average Bonchev–Trinajstić information content (AvgIpc) is 2.67. The van der Waals surface area contributed by atoms with E-state index >= 15 is 0 Å². The molecule has 0 bridgehead atoms. The normalized spacial score (nSPS) is 10.6. The Morgan fingerprint density at radius 3 is 2.56 bits per heavy atom. The second-order valence-corrected chi connectivity index (χ2v) is 4.15. The van der Waals surface area contributed by atoms with Crippen LogP contribution >= 0.6 is 11.6 Å². The van der Waals surface area contributed by atoms with Gasteiger partial charge in [0.1, 0.15) is 0 Å². The second-order valence-electron chi connectivity index (χ2n) is 3.72. The summed E-state index contributed by atoms with van der Waals surface area (Å²) >= 11 is 5.81. The van der Waals surface area contributed by atoms with Crippen LogP contribution in [-0.4, -0.2) is 10.1 Å². The van der Waals surface area contributed by atoms with Crippen LogP contribution in [0.15, 0.2) is 28.8 Å². The number of hydrogen-bond acceptors (Lipinski definition) is 3. The smallest absolute Gasteiger partial charge is 0.226 e. The summed E-state index contributed by atoms with van der Waals surface area (Å²) in [4.78, 5) is 4.16. The summed E-state index contributed by atoms with van der Waals surface area (Å²) in [7, 11) is 0. The van der Waals surface area contributed by atoms with E-state index in [9.17, 15) is 0 Å². The number of hydrogen-bond donors (Lipinski definition) is 0. The van der Waals surface area contributed by atoms with Crippen LogP contribution in [0.5, 0.6) is 0 Å². The first-order valence-corrected chi connectivity index (χ1v) is 5.65. The molecule has 0 aliphatic rings. The Labute approximate surface area is 99.4 Å². The number of halogens is 1. The first kappa shape index (κ1) is 11.1. The number of aromatic nitrogens is 2. The minimum atomic E-state index is 0.696. The third kappa shape index (κ3) is 3.07. The second kappa shape index (κ2) is 5.12. The largest absolute Gasteiger partial charge is 0.339 e. The predicted octanol–water partition coefficient (Wildman–Crippen LogP) is 3.21. The lowest BCUT2D eigenvalue weighted by atomic mass is 10.1. The van der Waals surface area contributed by atoms with E-state index in [0.29, 0.717) is 11.7 Å². The molecule has 0 atom stereocenters. The van der Waals surface area contributed by atoms with E-state index < -0.39 is 0 Å². The number of nitrogens with zero attached hydrogens (tertiary/aromatic N) is 2. The molecule has 0 spiro atoms. The third-order valence-electron chi connectivity index (χ3n) is 2.34. The number of aryl methyl sites for hydroxylation is 3. The highest BCUT2D eigenvalue weighted by Crippen LogP contribution is 2.12. The van der Waals surface area contributed by atoms with E-state index in [-0.39, 0.29) is 0 Å². The molecule has 1 aromatic heterocycles.